The first kappa shape index (κ1) is 11.2. The van der Waals surface area contributed by atoms with E-state index in [0.29, 0.717) is 22.8 Å². The van der Waals surface area contributed by atoms with Crippen LogP contribution in [-0.4, -0.2) is 12.4 Å². The van der Waals surface area contributed by atoms with Gasteiger partial charge in [-0.05, 0) is 37.5 Å². The molecule has 0 unspecified atom stereocenters. The van der Waals surface area contributed by atoms with Crippen LogP contribution < -0.4 is 0 Å². The predicted octanol–water partition coefficient (Wildman–Crippen LogP) is 3.53. The maximum Gasteiger partial charge on any atom is 0.193 e. The molecular weight excluding hydrogens is 224 g/mol. The number of ketones is 1. The molecule has 84 valence electrons. The molecule has 0 aromatic heterocycles. The van der Waals surface area contributed by atoms with Crippen LogP contribution >= 0.6 is 11.6 Å². The maximum atomic E-state index is 12.1. The molecule has 1 aliphatic rings. The van der Waals surface area contributed by atoms with Crippen molar-refractivity contribution in [3.05, 3.63) is 46.2 Å². The third kappa shape index (κ3) is 2.27. The van der Waals surface area contributed by atoms with Gasteiger partial charge in [0.15, 0.2) is 5.78 Å². The highest BCUT2D eigenvalue weighted by Crippen LogP contribution is 2.23. The van der Waals surface area contributed by atoms with E-state index in [2.05, 4.69) is 0 Å². The van der Waals surface area contributed by atoms with E-state index in [1.54, 1.807) is 18.4 Å². The molecule has 0 bridgehead atoms. The van der Waals surface area contributed by atoms with Gasteiger partial charge < -0.3 is 4.74 Å². The van der Waals surface area contributed by atoms with E-state index in [1.807, 2.05) is 13.0 Å². The minimum absolute atomic E-state index is 0.0234. The SMILES string of the molecule is Cc1ccc(C(=O)C2=COCCC2)c(Cl)c1. The first-order valence-electron chi connectivity index (χ1n) is 5.30. The fourth-order valence-electron chi connectivity index (χ4n) is 1.71. The highest BCUT2D eigenvalue weighted by molar-refractivity contribution is 6.35. The van der Waals surface area contributed by atoms with Gasteiger partial charge in [0.2, 0.25) is 0 Å². The van der Waals surface area contributed by atoms with Gasteiger partial charge in [-0.25, -0.2) is 0 Å². The summed E-state index contributed by atoms with van der Waals surface area (Å²) >= 11 is 6.05. The minimum atomic E-state index is -0.0234. The second-order valence-electron chi connectivity index (χ2n) is 3.93. The number of Topliss-reactive ketones (excluding diaryl/α,β-unsaturated/α-hetero) is 1. The van der Waals surface area contributed by atoms with E-state index in [1.165, 1.54) is 0 Å². The second-order valence-corrected chi connectivity index (χ2v) is 4.34. The Bertz CT molecular complexity index is 449. The van der Waals surface area contributed by atoms with E-state index >= 15 is 0 Å². The van der Waals surface area contributed by atoms with E-state index in [0.717, 1.165) is 18.4 Å². The number of allylic oxidation sites excluding steroid dienone is 1. The Balaban J connectivity index is 2.30. The summed E-state index contributed by atoms with van der Waals surface area (Å²) in [4.78, 5) is 12.1. The fourth-order valence-corrected chi connectivity index (χ4v) is 2.03. The van der Waals surface area contributed by atoms with Gasteiger partial charge in [-0.15, -0.1) is 0 Å². The molecule has 1 heterocycles. The molecule has 2 nitrogen and oxygen atoms in total. The van der Waals surface area contributed by atoms with Gasteiger partial charge in [-0.1, -0.05) is 17.7 Å². The van der Waals surface area contributed by atoms with E-state index in [4.69, 9.17) is 16.3 Å². The predicted molar refractivity (Wildman–Crippen MR) is 63.8 cm³/mol. The molecule has 0 N–H and O–H groups in total. The molecule has 0 atom stereocenters. The Labute approximate surface area is 99.9 Å². The van der Waals surface area contributed by atoms with Crippen molar-refractivity contribution in [1.29, 1.82) is 0 Å². The lowest BCUT2D eigenvalue weighted by atomic mass is 9.99. The number of carbonyl (C=O) groups is 1. The molecule has 1 aliphatic heterocycles. The standard InChI is InChI=1S/C13H13ClO2/c1-9-4-5-11(12(14)7-9)13(15)10-3-2-6-16-8-10/h4-5,7-8H,2-3,6H2,1H3. The molecule has 0 radical (unpaired) electrons. The summed E-state index contributed by atoms with van der Waals surface area (Å²) < 4.78 is 5.16. The van der Waals surface area contributed by atoms with Crippen LogP contribution in [0.2, 0.25) is 5.02 Å². The first-order chi connectivity index (χ1) is 7.68. The van der Waals surface area contributed by atoms with Gasteiger partial charge in [0, 0.05) is 11.1 Å². The van der Waals surface area contributed by atoms with Crippen LogP contribution in [0.3, 0.4) is 0 Å². The number of hydrogen-bond donors (Lipinski definition) is 0. The van der Waals surface area contributed by atoms with Crippen molar-refractivity contribution in [1.82, 2.24) is 0 Å². The number of hydrogen-bond acceptors (Lipinski definition) is 2. The summed E-state index contributed by atoms with van der Waals surface area (Å²) in [7, 11) is 0. The van der Waals surface area contributed by atoms with Crippen molar-refractivity contribution in [3.8, 4) is 0 Å². The van der Waals surface area contributed by atoms with Gasteiger partial charge in [0.1, 0.15) is 0 Å². The quantitative estimate of drug-likeness (QED) is 0.735. The van der Waals surface area contributed by atoms with Crippen molar-refractivity contribution < 1.29 is 9.53 Å². The smallest absolute Gasteiger partial charge is 0.193 e. The fraction of sp³-hybridized carbons (Fsp3) is 0.308. The van der Waals surface area contributed by atoms with Gasteiger partial charge in [0.05, 0.1) is 17.9 Å². The molecule has 3 heteroatoms. The summed E-state index contributed by atoms with van der Waals surface area (Å²) in [6.07, 6.45) is 3.21. The average molecular weight is 237 g/mol. The van der Waals surface area contributed by atoms with Crippen molar-refractivity contribution >= 4 is 17.4 Å². The lowest BCUT2D eigenvalue weighted by Crippen LogP contribution is -2.09. The molecule has 2 rings (SSSR count). The zero-order valence-corrected chi connectivity index (χ0v) is 9.88. The number of benzene rings is 1. The molecule has 1 aromatic rings. The van der Waals surface area contributed by atoms with Gasteiger partial charge in [0.25, 0.3) is 0 Å². The zero-order valence-electron chi connectivity index (χ0n) is 9.13. The van der Waals surface area contributed by atoms with Gasteiger partial charge in [-0.3, -0.25) is 4.79 Å². The third-order valence-corrected chi connectivity index (χ3v) is 2.91. The molecule has 0 saturated carbocycles. The Morgan fingerprint density at radius 2 is 2.25 bits per heavy atom. The van der Waals surface area contributed by atoms with Crippen LogP contribution in [0.1, 0.15) is 28.8 Å². The number of carbonyl (C=O) groups excluding carboxylic acids is 1. The molecular formula is C13H13ClO2. The summed E-state index contributed by atoms with van der Waals surface area (Å²) in [5.74, 6) is -0.0234. The molecule has 0 fully saturated rings. The number of halogens is 1. The Hall–Kier alpha value is -1.28. The van der Waals surface area contributed by atoms with Crippen LogP contribution in [0, 0.1) is 6.92 Å². The lowest BCUT2D eigenvalue weighted by Gasteiger charge is -2.13. The monoisotopic (exact) mass is 236 g/mol. The summed E-state index contributed by atoms with van der Waals surface area (Å²) in [6, 6.07) is 5.47. The molecule has 0 amide bonds. The first-order valence-corrected chi connectivity index (χ1v) is 5.68. The summed E-state index contributed by atoms with van der Waals surface area (Å²) in [5.41, 5.74) is 2.32. The number of rotatable bonds is 2. The van der Waals surface area contributed by atoms with E-state index in [-0.39, 0.29) is 5.78 Å². The number of ether oxygens (including phenoxy) is 1. The number of aryl methyl sites for hydroxylation is 1. The maximum absolute atomic E-state index is 12.1. The van der Waals surface area contributed by atoms with Crippen LogP contribution in [0.4, 0.5) is 0 Å². The summed E-state index contributed by atoms with van der Waals surface area (Å²) in [5, 5.41) is 0.511. The lowest BCUT2D eigenvalue weighted by molar-refractivity contribution is 0.101. The molecule has 16 heavy (non-hydrogen) atoms. The van der Waals surface area contributed by atoms with Crippen LogP contribution in [-0.2, 0) is 4.74 Å². The molecule has 0 saturated heterocycles. The van der Waals surface area contributed by atoms with Crippen molar-refractivity contribution in [2.75, 3.05) is 6.61 Å². The van der Waals surface area contributed by atoms with Crippen LogP contribution in [0.5, 0.6) is 0 Å². The zero-order chi connectivity index (χ0) is 11.5. The van der Waals surface area contributed by atoms with Crippen molar-refractivity contribution in [2.24, 2.45) is 0 Å². The van der Waals surface area contributed by atoms with Crippen LogP contribution in [0.25, 0.3) is 0 Å². The minimum Gasteiger partial charge on any atom is -0.501 e. The average Bonchev–Trinajstić information content (AvgIpc) is 2.29. The third-order valence-electron chi connectivity index (χ3n) is 2.59. The van der Waals surface area contributed by atoms with Crippen molar-refractivity contribution in [3.63, 3.8) is 0 Å². The highest BCUT2D eigenvalue weighted by atomic mass is 35.5. The molecule has 1 aromatic carbocycles. The van der Waals surface area contributed by atoms with Gasteiger partial charge in [-0.2, -0.15) is 0 Å². The highest BCUT2D eigenvalue weighted by Gasteiger charge is 2.17. The normalized spacial score (nSPS) is 15.2. The van der Waals surface area contributed by atoms with E-state index in [9.17, 15) is 4.79 Å². The van der Waals surface area contributed by atoms with Crippen LogP contribution in [0.15, 0.2) is 30.0 Å². The molecule has 0 aliphatic carbocycles. The van der Waals surface area contributed by atoms with Gasteiger partial charge >= 0.3 is 0 Å². The van der Waals surface area contributed by atoms with Crippen molar-refractivity contribution in [2.45, 2.75) is 19.8 Å². The Kier molecular flexibility index (Phi) is 3.30. The molecule has 0 spiro atoms. The topological polar surface area (TPSA) is 26.3 Å². The van der Waals surface area contributed by atoms with E-state index < -0.39 is 0 Å². The largest absolute Gasteiger partial charge is 0.501 e. The second kappa shape index (κ2) is 4.71. The summed E-state index contributed by atoms with van der Waals surface area (Å²) in [6.45, 7) is 2.64. The Morgan fingerprint density at radius 3 is 2.88 bits per heavy atom. The Morgan fingerprint density at radius 1 is 1.44 bits per heavy atom.